The minimum atomic E-state index is -0.331. The van der Waals surface area contributed by atoms with Gasteiger partial charge in [-0.2, -0.15) is 0 Å². The lowest BCUT2D eigenvalue weighted by molar-refractivity contribution is 0.102. The van der Waals surface area contributed by atoms with E-state index in [1.807, 2.05) is 43.3 Å². The first-order chi connectivity index (χ1) is 13.0. The fourth-order valence-corrected chi connectivity index (χ4v) is 3.17. The molecule has 1 amide bonds. The second kappa shape index (κ2) is 6.74. The van der Waals surface area contributed by atoms with Crippen molar-refractivity contribution in [3.05, 3.63) is 77.2 Å². The number of amides is 1. The molecule has 0 bridgehead atoms. The predicted octanol–water partition coefficient (Wildman–Crippen LogP) is 4.19. The molecule has 0 saturated carbocycles. The Morgan fingerprint density at radius 2 is 2.04 bits per heavy atom. The van der Waals surface area contributed by atoms with Gasteiger partial charge in [0.15, 0.2) is 5.82 Å². The number of halogens is 1. The number of hydrogen-bond acceptors (Lipinski definition) is 4. The first kappa shape index (κ1) is 17.1. The van der Waals surface area contributed by atoms with Gasteiger partial charge in [-0.3, -0.25) is 9.78 Å². The molecule has 1 aromatic carbocycles. The van der Waals surface area contributed by atoms with Crippen molar-refractivity contribution in [2.24, 2.45) is 0 Å². The van der Waals surface area contributed by atoms with E-state index in [1.54, 1.807) is 29.0 Å². The third kappa shape index (κ3) is 3.22. The Balaban J connectivity index is 1.77. The first-order valence-electron chi connectivity index (χ1n) is 8.30. The molecule has 27 heavy (non-hydrogen) atoms. The van der Waals surface area contributed by atoms with Gasteiger partial charge in [0.25, 0.3) is 5.91 Å². The van der Waals surface area contributed by atoms with Crippen LogP contribution in [0.3, 0.4) is 0 Å². The van der Waals surface area contributed by atoms with Crippen LogP contribution in [-0.4, -0.2) is 20.5 Å². The van der Waals surface area contributed by atoms with E-state index >= 15 is 0 Å². The topological polar surface area (TPSA) is 85.3 Å². The monoisotopic (exact) mass is 377 g/mol. The Morgan fingerprint density at radius 1 is 1.19 bits per heavy atom. The molecule has 4 rings (SSSR count). The van der Waals surface area contributed by atoms with Gasteiger partial charge in [0.2, 0.25) is 0 Å². The zero-order valence-electron chi connectivity index (χ0n) is 14.5. The second-order valence-corrected chi connectivity index (χ2v) is 6.56. The molecule has 3 aromatic heterocycles. The maximum Gasteiger partial charge on any atom is 0.261 e. The Labute approximate surface area is 160 Å². The summed E-state index contributed by atoms with van der Waals surface area (Å²) < 4.78 is 1.58. The number of nitrogens with zero attached hydrogens (tertiary/aromatic N) is 3. The van der Waals surface area contributed by atoms with E-state index in [-0.39, 0.29) is 11.7 Å². The zero-order valence-corrected chi connectivity index (χ0v) is 15.2. The van der Waals surface area contributed by atoms with Crippen LogP contribution in [0.15, 0.2) is 60.9 Å². The SMILES string of the molecule is Cc1cc(NC(=O)c2c(N)nn3ccccc23)c(-c2cccc(Cl)c2)cn1. The normalized spacial score (nSPS) is 10.9. The van der Waals surface area contributed by atoms with Crippen LogP contribution in [0.2, 0.25) is 5.02 Å². The third-order valence-corrected chi connectivity index (χ3v) is 4.45. The molecule has 3 heterocycles. The van der Waals surface area contributed by atoms with Crippen molar-refractivity contribution in [2.75, 3.05) is 11.1 Å². The van der Waals surface area contributed by atoms with Crippen LogP contribution >= 0.6 is 11.6 Å². The summed E-state index contributed by atoms with van der Waals surface area (Å²) in [5.41, 5.74) is 10.0. The van der Waals surface area contributed by atoms with Gasteiger partial charge in [-0.15, -0.1) is 5.10 Å². The Morgan fingerprint density at radius 3 is 2.85 bits per heavy atom. The highest BCUT2D eigenvalue weighted by atomic mass is 35.5. The predicted molar refractivity (Wildman–Crippen MR) is 107 cm³/mol. The number of pyridine rings is 2. The highest BCUT2D eigenvalue weighted by Gasteiger charge is 2.19. The lowest BCUT2D eigenvalue weighted by atomic mass is 10.0. The van der Waals surface area contributed by atoms with E-state index in [9.17, 15) is 4.79 Å². The van der Waals surface area contributed by atoms with Crippen molar-refractivity contribution in [1.82, 2.24) is 14.6 Å². The van der Waals surface area contributed by atoms with Gasteiger partial charge in [0, 0.05) is 28.7 Å². The van der Waals surface area contributed by atoms with Crippen LogP contribution in [0.4, 0.5) is 11.5 Å². The molecule has 0 unspecified atom stereocenters. The molecule has 0 aliphatic rings. The van der Waals surface area contributed by atoms with E-state index < -0.39 is 0 Å². The van der Waals surface area contributed by atoms with Crippen molar-refractivity contribution in [1.29, 1.82) is 0 Å². The van der Waals surface area contributed by atoms with E-state index in [0.29, 0.717) is 21.8 Å². The summed E-state index contributed by atoms with van der Waals surface area (Å²) in [4.78, 5) is 17.3. The van der Waals surface area contributed by atoms with Crippen LogP contribution in [0, 0.1) is 6.92 Å². The minimum Gasteiger partial charge on any atom is -0.382 e. The van der Waals surface area contributed by atoms with Gasteiger partial charge in [0.1, 0.15) is 5.56 Å². The number of hydrogen-bond donors (Lipinski definition) is 2. The van der Waals surface area contributed by atoms with E-state index in [4.69, 9.17) is 17.3 Å². The number of nitrogen functional groups attached to an aromatic ring is 1. The van der Waals surface area contributed by atoms with E-state index in [2.05, 4.69) is 15.4 Å². The number of carbonyl (C=O) groups is 1. The minimum absolute atomic E-state index is 0.175. The average Bonchev–Trinajstić information content (AvgIpc) is 2.97. The van der Waals surface area contributed by atoms with Crippen LogP contribution in [0.1, 0.15) is 16.1 Å². The second-order valence-electron chi connectivity index (χ2n) is 6.13. The van der Waals surface area contributed by atoms with Gasteiger partial charge in [-0.25, -0.2) is 4.52 Å². The number of anilines is 2. The third-order valence-electron chi connectivity index (χ3n) is 4.22. The molecule has 0 spiro atoms. The van der Waals surface area contributed by atoms with Crippen molar-refractivity contribution in [3.8, 4) is 11.1 Å². The number of carbonyl (C=O) groups excluding carboxylic acids is 1. The number of rotatable bonds is 3. The maximum atomic E-state index is 13.0. The van der Waals surface area contributed by atoms with Crippen molar-refractivity contribution < 1.29 is 4.79 Å². The summed E-state index contributed by atoms with van der Waals surface area (Å²) in [6, 6.07) is 14.7. The van der Waals surface area contributed by atoms with E-state index in [1.165, 1.54) is 0 Å². The Hall–Kier alpha value is -3.38. The summed E-state index contributed by atoms with van der Waals surface area (Å²) in [5, 5.41) is 7.75. The summed E-state index contributed by atoms with van der Waals surface area (Å²) in [7, 11) is 0. The molecule has 4 aromatic rings. The molecule has 0 radical (unpaired) electrons. The molecular weight excluding hydrogens is 362 g/mol. The van der Waals surface area contributed by atoms with Gasteiger partial charge >= 0.3 is 0 Å². The Bertz CT molecular complexity index is 1170. The highest BCUT2D eigenvalue weighted by Crippen LogP contribution is 2.30. The molecule has 0 saturated heterocycles. The standard InChI is InChI=1S/C20H16ClN5O/c1-12-9-16(15(11-23-12)13-5-4-6-14(21)10-13)24-20(27)18-17-7-2-3-8-26(17)25-19(18)22/h2-11H,1H3,(H2,22,25)(H,23,24,27). The van der Waals surface area contributed by atoms with Crippen molar-refractivity contribution >= 4 is 34.5 Å². The van der Waals surface area contributed by atoms with Gasteiger partial charge < -0.3 is 11.1 Å². The van der Waals surface area contributed by atoms with Crippen molar-refractivity contribution in [3.63, 3.8) is 0 Å². The van der Waals surface area contributed by atoms with E-state index in [0.717, 1.165) is 16.8 Å². The lowest BCUT2D eigenvalue weighted by Crippen LogP contribution is -2.14. The average molecular weight is 378 g/mol. The molecule has 134 valence electrons. The number of benzene rings is 1. The van der Waals surface area contributed by atoms with Crippen LogP contribution in [0.5, 0.6) is 0 Å². The quantitative estimate of drug-likeness (QED) is 0.560. The molecule has 0 aliphatic carbocycles. The number of nitrogens with two attached hydrogens (primary N) is 1. The number of fused-ring (bicyclic) bond motifs is 1. The fraction of sp³-hybridized carbons (Fsp3) is 0.0500. The summed E-state index contributed by atoms with van der Waals surface area (Å²) >= 11 is 6.12. The fourth-order valence-electron chi connectivity index (χ4n) is 2.98. The van der Waals surface area contributed by atoms with Gasteiger partial charge in [-0.1, -0.05) is 29.8 Å². The number of aryl methyl sites for hydroxylation is 1. The van der Waals surface area contributed by atoms with Crippen LogP contribution < -0.4 is 11.1 Å². The number of nitrogens with one attached hydrogen (secondary N) is 1. The summed E-state index contributed by atoms with van der Waals surface area (Å²) in [6.45, 7) is 1.86. The highest BCUT2D eigenvalue weighted by molar-refractivity contribution is 6.30. The molecule has 7 heteroatoms. The molecule has 0 aliphatic heterocycles. The molecule has 0 atom stereocenters. The van der Waals surface area contributed by atoms with Crippen molar-refractivity contribution in [2.45, 2.75) is 6.92 Å². The summed E-state index contributed by atoms with van der Waals surface area (Å²) in [5.74, 6) is -0.156. The molecule has 3 N–H and O–H groups in total. The van der Waals surface area contributed by atoms with Crippen LogP contribution in [0.25, 0.3) is 16.6 Å². The maximum absolute atomic E-state index is 13.0. The van der Waals surface area contributed by atoms with Gasteiger partial charge in [0.05, 0.1) is 11.2 Å². The molecular formula is C20H16ClN5O. The van der Waals surface area contributed by atoms with Gasteiger partial charge in [-0.05, 0) is 42.8 Å². The Kier molecular flexibility index (Phi) is 4.25. The zero-order chi connectivity index (χ0) is 19.0. The number of aromatic nitrogens is 3. The largest absolute Gasteiger partial charge is 0.382 e. The summed E-state index contributed by atoms with van der Waals surface area (Å²) in [6.07, 6.45) is 3.46. The molecule has 0 fully saturated rings. The lowest BCUT2D eigenvalue weighted by Gasteiger charge is -2.12. The molecule has 6 nitrogen and oxygen atoms in total. The smallest absolute Gasteiger partial charge is 0.261 e. The first-order valence-corrected chi connectivity index (χ1v) is 8.67. The van der Waals surface area contributed by atoms with Crippen LogP contribution in [-0.2, 0) is 0 Å².